The van der Waals surface area contributed by atoms with Crippen LogP contribution < -0.4 is 0 Å². The molecule has 7 rings (SSSR count). The second-order valence-corrected chi connectivity index (χ2v) is 22.9. The molecule has 15 heteroatoms. The predicted octanol–water partition coefficient (Wildman–Crippen LogP) is 3.66. The molecule has 4 unspecified atom stereocenters. The molecule has 3 saturated heterocycles. The van der Waals surface area contributed by atoms with Gasteiger partial charge in [-0.25, -0.2) is 0 Å². The van der Waals surface area contributed by atoms with E-state index in [9.17, 15) is 45.6 Å². The molecule has 368 valence electrons. The summed E-state index contributed by atoms with van der Waals surface area (Å²) in [6, 6.07) is 0. The van der Waals surface area contributed by atoms with E-state index in [1.165, 1.54) is 5.57 Å². The number of fused-ring (bicyclic) bond motifs is 5. The summed E-state index contributed by atoms with van der Waals surface area (Å²) in [7, 11) is 0. The summed E-state index contributed by atoms with van der Waals surface area (Å²) in [5, 5.41) is 84.0. The molecule has 7 aliphatic rings. The van der Waals surface area contributed by atoms with Crippen molar-refractivity contribution in [3.05, 3.63) is 11.6 Å². The maximum absolute atomic E-state index is 11.4. The van der Waals surface area contributed by atoms with Crippen LogP contribution in [-0.2, 0) is 33.2 Å². The van der Waals surface area contributed by atoms with E-state index < -0.39 is 92.1 Å². The lowest BCUT2D eigenvalue weighted by molar-refractivity contribution is -0.315. The fraction of sp³-hybridized carbons (Fsp3) is 0.939. The lowest BCUT2D eigenvalue weighted by atomic mass is 9.39. The van der Waals surface area contributed by atoms with Crippen LogP contribution >= 0.6 is 0 Å². The third kappa shape index (κ3) is 9.45. The van der Waals surface area contributed by atoms with Gasteiger partial charge >= 0.3 is 0 Å². The van der Waals surface area contributed by atoms with Gasteiger partial charge in [-0.15, -0.1) is 0 Å². The van der Waals surface area contributed by atoms with Crippen molar-refractivity contribution in [1.29, 1.82) is 0 Å². The molecule has 0 amide bonds. The van der Waals surface area contributed by atoms with Crippen LogP contribution in [0.2, 0.25) is 0 Å². The largest absolute Gasteiger partial charge is 0.394 e. The predicted molar refractivity (Wildman–Crippen MR) is 233 cm³/mol. The molecule has 6 fully saturated rings. The van der Waals surface area contributed by atoms with E-state index in [4.69, 9.17) is 28.4 Å². The molecule has 0 aromatic heterocycles. The van der Waals surface area contributed by atoms with Gasteiger partial charge in [0.25, 0.3) is 0 Å². The van der Waals surface area contributed by atoms with Gasteiger partial charge in [0.1, 0.15) is 36.8 Å². The second-order valence-electron chi connectivity index (χ2n) is 22.9. The molecule has 3 heterocycles. The third-order valence-corrected chi connectivity index (χ3v) is 18.3. The summed E-state index contributed by atoms with van der Waals surface area (Å²) >= 11 is 0. The van der Waals surface area contributed by atoms with Crippen molar-refractivity contribution < 1.29 is 74.1 Å². The molecule has 4 aliphatic carbocycles. The smallest absolute Gasteiger partial charge is 0.186 e. The quantitative estimate of drug-likeness (QED) is 0.0866. The minimum atomic E-state index is -1.57. The summed E-state index contributed by atoms with van der Waals surface area (Å²) in [4.78, 5) is 11.3. The maximum atomic E-state index is 11.4. The van der Waals surface area contributed by atoms with Crippen molar-refractivity contribution in [2.45, 2.75) is 230 Å². The molecule has 0 radical (unpaired) electrons. The highest BCUT2D eigenvalue weighted by atomic mass is 16.7. The minimum Gasteiger partial charge on any atom is -0.394 e. The van der Waals surface area contributed by atoms with Gasteiger partial charge in [-0.05, 0) is 112 Å². The molecule has 0 spiro atoms. The number of aldehydes is 1. The topological polar surface area (TPSA) is 234 Å². The number of hydrogen-bond donors (Lipinski definition) is 8. The van der Waals surface area contributed by atoms with Gasteiger partial charge in [-0.2, -0.15) is 0 Å². The van der Waals surface area contributed by atoms with Gasteiger partial charge in [0.05, 0.1) is 55.4 Å². The fourth-order valence-electron chi connectivity index (χ4n) is 14.2. The van der Waals surface area contributed by atoms with Crippen LogP contribution in [0.3, 0.4) is 0 Å². The van der Waals surface area contributed by atoms with E-state index in [0.29, 0.717) is 30.1 Å². The first-order valence-corrected chi connectivity index (χ1v) is 24.4. The Kier molecular flexibility index (Phi) is 15.3. The van der Waals surface area contributed by atoms with Gasteiger partial charge in [-0.3, -0.25) is 0 Å². The standard InChI is InChI=1S/C49H82O15/c1-26(9-13-37(46(4,5)58)63-38-22-27(52)21-29(60-38)25-59-43-42(57)41(56)40(55)34(24-51)62-43)30-15-17-49(8)35-12-10-31-32(47(35,6)18-19-48(30,49)7)11-14-36(45(31,2)3)64-44-39(54)33(53)23-28(61-44)16-20-50/h10,20,26-30,32-44,51-58H,9,11-19,21-25H2,1-8H3/t26-,27+,28-,29+,30?,32?,33+,34-,35?,36+,37-,38+,39-,40-,41+,42-,43?,44+,47+,48-,49+/m1/s1. The summed E-state index contributed by atoms with van der Waals surface area (Å²) in [5.41, 5.74) is 0.315. The minimum absolute atomic E-state index is 0.106. The zero-order chi connectivity index (χ0) is 46.7. The van der Waals surface area contributed by atoms with Crippen LogP contribution in [0.5, 0.6) is 0 Å². The van der Waals surface area contributed by atoms with Crippen LogP contribution in [-0.4, -0.2) is 152 Å². The van der Waals surface area contributed by atoms with Crippen LogP contribution in [0.4, 0.5) is 0 Å². The van der Waals surface area contributed by atoms with Gasteiger partial charge in [0, 0.05) is 31.1 Å². The van der Waals surface area contributed by atoms with E-state index in [2.05, 4.69) is 47.6 Å². The lowest BCUT2D eigenvalue weighted by Crippen LogP contribution is -2.60. The fourth-order valence-corrected chi connectivity index (χ4v) is 14.2. The molecular weight excluding hydrogens is 829 g/mol. The number of hydrogen-bond acceptors (Lipinski definition) is 15. The number of aliphatic hydroxyl groups excluding tert-OH is 7. The second kappa shape index (κ2) is 19.3. The van der Waals surface area contributed by atoms with Crippen molar-refractivity contribution in [3.8, 4) is 0 Å². The molecule has 3 aliphatic heterocycles. The number of allylic oxidation sites excluding steroid dienone is 1. The Hall–Kier alpha value is -1.15. The molecule has 0 bridgehead atoms. The zero-order valence-corrected chi connectivity index (χ0v) is 39.6. The van der Waals surface area contributed by atoms with Crippen molar-refractivity contribution >= 4 is 6.29 Å². The SMILES string of the molecule is C[C@H](CC[C@@H](O[C@H]1C[C@@H](O)C[C@@H](COC2O[C@H](CO)[C@@H](O)[C@H](O)[C@H]2O)O1)C(C)(C)O)C1CC[C@@]2(C)C3CC=C4C(CC[C@H](O[C@@H]5O[C@H](CC=O)C[C@H](O)[C@H]5O)C4(C)C)[C@]3(C)CC[C@]12C. The first-order chi connectivity index (χ1) is 30.0. The number of aliphatic hydroxyl groups is 8. The summed E-state index contributed by atoms with van der Waals surface area (Å²) in [6.07, 6.45) is -0.739. The Balaban J connectivity index is 0.975. The number of ether oxygens (including phenoxy) is 6. The van der Waals surface area contributed by atoms with Gasteiger partial charge in [-0.1, -0.05) is 53.2 Å². The van der Waals surface area contributed by atoms with Crippen LogP contribution in [0.25, 0.3) is 0 Å². The number of carbonyl (C=O) groups excluding carboxylic acids is 1. The lowest BCUT2D eigenvalue weighted by Gasteiger charge is -2.66. The monoisotopic (exact) mass is 911 g/mol. The highest BCUT2D eigenvalue weighted by molar-refractivity contribution is 5.50. The van der Waals surface area contributed by atoms with Crippen LogP contribution in [0.15, 0.2) is 11.6 Å². The maximum Gasteiger partial charge on any atom is 0.186 e. The van der Waals surface area contributed by atoms with Crippen molar-refractivity contribution in [3.63, 3.8) is 0 Å². The molecule has 64 heavy (non-hydrogen) atoms. The molecule has 0 aromatic carbocycles. The normalized spacial score (nSPS) is 48.0. The van der Waals surface area contributed by atoms with Gasteiger partial charge in [0.2, 0.25) is 0 Å². The van der Waals surface area contributed by atoms with Crippen molar-refractivity contribution in [2.75, 3.05) is 13.2 Å². The van der Waals surface area contributed by atoms with E-state index >= 15 is 0 Å². The van der Waals surface area contributed by atoms with Crippen molar-refractivity contribution in [1.82, 2.24) is 0 Å². The summed E-state index contributed by atoms with van der Waals surface area (Å²) in [5.74, 6) is 1.78. The highest BCUT2D eigenvalue weighted by Gasteiger charge is 2.67. The summed E-state index contributed by atoms with van der Waals surface area (Å²) < 4.78 is 36.5. The Morgan fingerprint density at radius 2 is 1.56 bits per heavy atom. The molecule has 21 atom stereocenters. The van der Waals surface area contributed by atoms with E-state index in [0.717, 1.165) is 57.7 Å². The first-order valence-electron chi connectivity index (χ1n) is 24.4. The zero-order valence-electron chi connectivity index (χ0n) is 39.6. The average molecular weight is 911 g/mol. The average Bonchev–Trinajstić information content (AvgIpc) is 3.50. The first kappa shape index (κ1) is 50.7. The molecule has 8 N–H and O–H groups in total. The Morgan fingerprint density at radius 1 is 0.828 bits per heavy atom. The highest BCUT2D eigenvalue weighted by Crippen LogP contribution is 2.75. The van der Waals surface area contributed by atoms with Crippen LogP contribution in [0, 0.1) is 45.3 Å². The molecule has 15 nitrogen and oxygen atoms in total. The number of carbonyl (C=O) groups is 1. The Bertz CT molecular complexity index is 1620. The van der Waals surface area contributed by atoms with E-state index in [-0.39, 0.29) is 60.1 Å². The van der Waals surface area contributed by atoms with E-state index in [1.54, 1.807) is 13.8 Å². The molecular formula is C49H82O15. The van der Waals surface area contributed by atoms with Gasteiger partial charge < -0.3 is 74.1 Å². The molecule has 0 aromatic rings. The summed E-state index contributed by atoms with van der Waals surface area (Å²) in [6.45, 7) is 17.3. The van der Waals surface area contributed by atoms with Gasteiger partial charge in [0.15, 0.2) is 18.9 Å². The Labute approximate surface area is 380 Å². The Morgan fingerprint density at radius 3 is 2.25 bits per heavy atom. The third-order valence-electron chi connectivity index (χ3n) is 18.3. The number of rotatable bonds is 15. The van der Waals surface area contributed by atoms with E-state index in [1.807, 2.05) is 0 Å². The van der Waals surface area contributed by atoms with Crippen LogP contribution in [0.1, 0.15) is 139 Å². The van der Waals surface area contributed by atoms with Crippen molar-refractivity contribution in [2.24, 2.45) is 45.3 Å². The molecule has 3 saturated carbocycles.